The first-order chi connectivity index (χ1) is 9.97. The molecule has 21 heavy (non-hydrogen) atoms. The summed E-state index contributed by atoms with van der Waals surface area (Å²) in [7, 11) is 1.99. The van der Waals surface area contributed by atoms with Crippen LogP contribution in [0.5, 0.6) is 0 Å². The third-order valence-electron chi connectivity index (χ3n) is 3.57. The molecule has 0 fully saturated rings. The zero-order chi connectivity index (χ0) is 15.4. The van der Waals surface area contributed by atoms with Crippen molar-refractivity contribution in [3.05, 3.63) is 53.9 Å². The highest BCUT2D eigenvalue weighted by atomic mass is 16.2. The van der Waals surface area contributed by atoms with Gasteiger partial charge >= 0.3 is 6.03 Å². The summed E-state index contributed by atoms with van der Waals surface area (Å²) in [6.45, 7) is 6.68. The van der Waals surface area contributed by atoms with E-state index in [4.69, 9.17) is 0 Å². The van der Waals surface area contributed by atoms with Gasteiger partial charge in [0.15, 0.2) is 0 Å². The largest absolute Gasteiger partial charge is 0.353 e. The van der Waals surface area contributed by atoms with Gasteiger partial charge in [-0.05, 0) is 45.0 Å². The molecular formula is C17H23N3O. The van der Waals surface area contributed by atoms with Crippen LogP contribution in [0.3, 0.4) is 0 Å². The maximum Gasteiger partial charge on any atom is 0.322 e. The molecule has 2 amide bonds. The van der Waals surface area contributed by atoms with Crippen LogP contribution in [-0.2, 0) is 13.6 Å². The lowest BCUT2D eigenvalue weighted by atomic mass is 10.2. The van der Waals surface area contributed by atoms with Crippen molar-refractivity contribution in [1.82, 2.24) is 9.47 Å². The molecule has 0 radical (unpaired) electrons. The summed E-state index contributed by atoms with van der Waals surface area (Å²) < 4.78 is 2.04. The van der Waals surface area contributed by atoms with E-state index in [9.17, 15) is 4.79 Å². The number of amides is 2. The third kappa shape index (κ3) is 3.88. The van der Waals surface area contributed by atoms with Gasteiger partial charge in [0.05, 0.1) is 6.54 Å². The molecular weight excluding hydrogens is 262 g/mol. The van der Waals surface area contributed by atoms with Gasteiger partial charge in [-0.2, -0.15) is 0 Å². The Bertz CT molecular complexity index is 599. The molecule has 1 heterocycles. The minimum Gasteiger partial charge on any atom is -0.353 e. The van der Waals surface area contributed by atoms with Gasteiger partial charge in [0, 0.05) is 30.7 Å². The van der Waals surface area contributed by atoms with E-state index in [1.54, 1.807) is 0 Å². The highest BCUT2D eigenvalue weighted by molar-refractivity contribution is 5.89. The normalized spacial score (nSPS) is 10.7. The van der Waals surface area contributed by atoms with Crippen molar-refractivity contribution >= 4 is 11.7 Å². The Hall–Kier alpha value is -2.23. The van der Waals surface area contributed by atoms with Crippen molar-refractivity contribution in [2.24, 2.45) is 7.05 Å². The van der Waals surface area contributed by atoms with Crippen molar-refractivity contribution in [2.45, 2.75) is 33.4 Å². The van der Waals surface area contributed by atoms with Crippen LogP contribution in [0.1, 0.15) is 25.1 Å². The number of nitrogens with zero attached hydrogens (tertiary/aromatic N) is 2. The average molecular weight is 285 g/mol. The summed E-state index contributed by atoms with van der Waals surface area (Å²) in [4.78, 5) is 14.3. The monoisotopic (exact) mass is 285 g/mol. The van der Waals surface area contributed by atoms with Crippen molar-refractivity contribution in [2.75, 3.05) is 5.32 Å². The van der Waals surface area contributed by atoms with Crippen LogP contribution >= 0.6 is 0 Å². The molecule has 0 aliphatic heterocycles. The molecule has 2 rings (SSSR count). The summed E-state index contributed by atoms with van der Waals surface area (Å²) in [6.07, 6.45) is 1.99. The second-order valence-electron chi connectivity index (χ2n) is 5.63. The number of urea groups is 1. The van der Waals surface area contributed by atoms with Gasteiger partial charge in [0.1, 0.15) is 0 Å². The molecule has 0 bridgehead atoms. The first-order valence-corrected chi connectivity index (χ1v) is 7.22. The Morgan fingerprint density at radius 1 is 1.24 bits per heavy atom. The molecule has 0 saturated carbocycles. The van der Waals surface area contributed by atoms with E-state index in [1.165, 1.54) is 5.56 Å². The second kappa shape index (κ2) is 6.48. The number of aryl methyl sites for hydroxylation is 2. The average Bonchev–Trinajstić information content (AvgIpc) is 2.83. The maximum atomic E-state index is 12.5. The van der Waals surface area contributed by atoms with E-state index < -0.39 is 0 Å². The van der Waals surface area contributed by atoms with Gasteiger partial charge in [-0.25, -0.2) is 4.79 Å². The summed E-state index contributed by atoms with van der Waals surface area (Å²) in [5, 5.41) is 2.96. The number of benzene rings is 1. The lowest BCUT2D eigenvalue weighted by Crippen LogP contribution is -2.39. The fourth-order valence-corrected chi connectivity index (χ4v) is 2.16. The third-order valence-corrected chi connectivity index (χ3v) is 3.57. The van der Waals surface area contributed by atoms with E-state index >= 15 is 0 Å². The highest BCUT2D eigenvalue weighted by Crippen LogP contribution is 2.13. The lowest BCUT2D eigenvalue weighted by molar-refractivity contribution is 0.192. The summed E-state index contributed by atoms with van der Waals surface area (Å²) in [6, 6.07) is 11.9. The zero-order valence-electron chi connectivity index (χ0n) is 13.1. The number of aromatic nitrogens is 1. The Balaban J connectivity index is 2.09. The van der Waals surface area contributed by atoms with Gasteiger partial charge in [0.25, 0.3) is 0 Å². The molecule has 2 aromatic rings. The van der Waals surface area contributed by atoms with E-state index in [2.05, 4.69) is 5.32 Å². The molecule has 1 aromatic heterocycles. The molecule has 0 spiro atoms. The van der Waals surface area contributed by atoms with Crippen LogP contribution in [0.15, 0.2) is 42.6 Å². The topological polar surface area (TPSA) is 37.3 Å². The summed E-state index contributed by atoms with van der Waals surface area (Å²) >= 11 is 0. The standard InChI is InChI=1S/C17H23N3O/c1-13(2)20(12-16-6-5-11-19(16)4)17(21)18-15-9-7-14(3)8-10-15/h5-11,13H,12H2,1-4H3,(H,18,21). The predicted octanol–water partition coefficient (Wildman–Crippen LogP) is 3.78. The molecule has 0 atom stereocenters. The quantitative estimate of drug-likeness (QED) is 0.912. The molecule has 0 unspecified atom stereocenters. The molecule has 0 aliphatic rings. The second-order valence-corrected chi connectivity index (χ2v) is 5.63. The van der Waals surface area contributed by atoms with E-state index in [0.29, 0.717) is 6.54 Å². The lowest BCUT2D eigenvalue weighted by Gasteiger charge is -2.27. The maximum absolute atomic E-state index is 12.5. The van der Waals surface area contributed by atoms with Gasteiger partial charge in [-0.3, -0.25) is 0 Å². The molecule has 1 aromatic carbocycles. The minimum atomic E-state index is -0.0740. The molecule has 0 saturated heterocycles. The van der Waals surface area contributed by atoms with Gasteiger partial charge in [-0.15, -0.1) is 0 Å². The fraction of sp³-hybridized carbons (Fsp3) is 0.353. The predicted molar refractivity (Wildman–Crippen MR) is 86.3 cm³/mol. The van der Waals surface area contributed by atoms with E-state index in [-0.39, 0.29) is 12.1 Å². The van der Waals surface area contributed by atoms with Crippen molar-refractivity contribution < 1.29 is 4.79 Å². The number of anilines is 1. The summed E-state index contributed by atoms with van der Waals surface area (Å²) in [5.74, 6) is 0. The van der Waals surface area contributed by atoms with Crippen LogP contribution < -0.4 is 5.32 Å². The van der Waals surface area contributed by atoms with Crippen molar-refractivity contribution in [1.29, 1.82) is 0 Å². The zero-order valence-corrected chi connectivity index (χ0v) is 13.1. The van der Waals surface area contributed by atoms with E-state index in [1.807, 2.05) is 79.9 Å². The molecule has 112 valence electrons. The first kappa shape index (κ1) is 15.2. The van der Waals surface area contributed by atoms with Gasteiger partial charge < -0.3 is 14.8 Å². The number of hydrogen-bond acceptors (Lipinski definition) is 1. The Labute approximate surface area is 126 Å². The molecule has 0 aliphatic carbocycles. The number of hydrogen-bond donors (Lipinski definition) is 1. The molecule has 4 nitrogen and oxygen atoms in total. The van der Waals surface area contributed by atoms with Gasteiger partial charge in [-0.1, -0.05) is 17.7 Å². The Morgan fingerprint density at radius 3 is 2.43 bits per heavy atom. The SMILES string of the molecule is Cc1ccc(NC(=O)N(Cc2cccn2C)C(C)C)cc1. The van der Waals surface area contributed by atoms with Crippen molar-refractivity contribution in [3.63, 3.8) is 0 Å². The fourth-order valence-electron chi connectivity index (χ4n) is 2.16. The minimum absolute atomic E-state index is 0.0740. The van der Waals surface area contributed by atoms with Crippen LogP contribution in [0, 0.1) is 6.92 Å². The number of nitrogens with one attached hydrogen (secondary N) is 1. The molecule has 1 N–H and O–H groups in total. The smallest absolute Gasteiger partial charge is 0.322 e. The van der Waals surface area contributed by atoms with Gasteiger partial charge in [0.2, 0.25) is 0 Å². The Morgan fingerprint density at radius 2 is 1.90 bits per heavy atom. The van der Waals surface area contributed by atoms with Crippen LogP contribution in [0.4, 0.5) is 10.5 Å². The van der Waals surface area contributed by atoms with Crippen LogP contribution in [-0.4, -0.2) is 21.5 Å². The summed E-state index contributed by atoms with van der Waals surface area (Å²) in [5.41, 5.74) is 3.11. The number of carbonyl (C=O) groups is 1. The Kier molecular flexibility index (Phi) is 4.68. The highest BCUT2D eigenvalue weighted by Gasteiger charge is 2.18. The molecule has 4 heteroatoms. The van der Waals surface area contributed by atoms with Crippen LogP contribution in [0.25, 0.3) is 0 Å². The van der Waals surface area contributed by atoms with Crippen molar-refractivity contribution in [3.8, 4) is 0 Å². The van der Waals surface area contributed by atoms with Crippen LogP contribution in [0.2, 0.25) is 0 Å². The number of rotatable bonds is 4. The number of carbonyl (C=O) groups excluding carboxylic acids is 1. The van der Waals surface area contributed by atoms with E-state index in [0.717, 1.165) is 11.4 Å². The first-order valence-electron chi connectivity index (χ1n) is 7.22.